The molecule has 61 valence electrons. The fourth-order valence-corrected chi connectivity index (χ4v) is 2.05. The number of hydrogen-bond donors (Lipinski definition) is 1. The van der Waals surface area contributed by atoms with Gasteiger partial charge in [0, 0.05) is 30.7 Å². The number of thiophene rings is 1. The van der Waals surface area contributed by atoms with E-state index in [-0.39, 0.29) is 6.61 Å². The smallest absolute Gasteiger partial charge is 0.0604 e. The van der Waals surface area contributed by atoms with Gasteiger partial charge in [-0.05, 0) is 11.4 Å². The summed E-state index contributed by atoms with van der Waals surface area (Å²) in [5.41, 5.74) is 0.973. The number of fused-ring (bicyclic) bond motifs is 1. The molecule has 0 aliphatic carbocycles. The SMILES string of the molecule is OCCc1nc[c]c2ccsc12. The molecule has 1 radical (unpaired) electrons. The number of aliphatic hydroxyl groups excluding tert-OH is 1. The third kappa shape index (κ3) is 1.21. The number of pyridine rings is 1. The second-order valence-corrected chi connectivity index (χ2v) is 3.40. The highest BCUT2D eigenvalue weighted by Crippen LogP contribution is 2.22. The van der Waals surface area contributed by atoms with Crippen LogP contribution in [-0.2, 0) is 6.42 Å². The lowest BCUT2D eigenvalue weighted by Crippen LogP contribution is -1.93. The van der Waals surface area contributed by atoms with Gasteiger partial charge in [0.05, 0.1) is 10.4 Å². The van der Waals surface area contributed by atoms with E-state index in [0.29, 0.717) is 6.42 Å². The summed E-state index contributed by atoms with van der Waals surface area (Å²) in [6, 6.07) is 5.06. The lowest BCUT2D eigenvalue weighted by Gasteiger charge is -1.97. The summed E-state index contributed by atoms with van der Waals surface area (Å²) >= 11 is 1.65. The Morgan fingerprint density at radius 3 is 3.33 bits per heavy atom. The van der Waals surface area contributed by atoms with Gasteiger partial charge >= 0.3 is 0 Å². The lowest BCUT2D eigenvalue weighted by molar-refractivity contribution is 0.299. The van der Waals surface area contributed by atoms with Gasteiger partial charge in [-0.1, -0.05) is 0 Å². The summed E-state index contributed by atoms with van der Waals surface area (Å²) in [5, 5.41) is 11.9. The van der Waals surface area contributed by atoms with E-state index in [1.165, 1.54) is 0 Å². The maximum atomic E-state index is 8.77. The number of hydrogen-bond acceptors (Lipinski definition) is 3. The predicted octanol–water partition coefficient (Wildman–Crippen LogP) is 1.63. The second kappa shape index (κ2) is 3.21. The first-order chi connectivity index (χ1) is 5.92. The molecular weight excluding hydrogens is 170 g/mol. The van der Waals surface area contributed by atoms with Crippen LogP contribution in [0.1, 0.15) is 5.69 Å². The van der Waals surface area contributed by atoms with Gasteiger partial charge < -0.3 is 5.11 Å². The Balaban J connectivity index is 2.57. The zero-order valence-corrected chi connectivity index (χ0v) is 7.27. The number of nitrogens with zero attached hydrogens (tertiary/aromatic N) is 1. The second-order valence-electron chi connectivity index (χ2n) is 2.49. The average Bonchev–Trinajstić information content (AvgIpc) is 2.53. The summed E-state index contributed by atoms with van der Waals surface area (Å²) in [6.07, 6.45) is 2.30. The van der Waals surface area contributed by atoms with Crippen molar-refractivity contribution in [3.63, 3.8) is 0 Å². The summed E-state index contributed by atoms with van der Waals surface area (Å²) in [5.74, 6) is 0. The maximum Gasteiger partial charge on any atom is 0.0604 e. The summed E-state index contributed by atoms with van der Waals surface area (Å²) in [6.45, 7) is 0.157. The molecule has 12 heavy (non-hydrogen) atoms. The van der Waals surface area contributed by atoms with Crippen molar-refractivity contribution in [3.05, 3.63) is 29.4 Å². The summed E-state index contributed by atoms with van der Waals surface area (Å²) < 4.78 is 1.14. The van der Waals surface area contributed by atoms with E-state index in [0.717, 1.165) is 15.8 Å². The molecule has 0 amide bonds. The third-order valence-corrected chi connectivity index (χ3v) is 2.68. The minimum absolute atomic E-state index is 0.157. The summed E-state index contributed by atoms with van der Waals surface area (Å²) in [7, 11) is 0. The molecule has 0 spiro atoms. The van der Waals surface area contributed by atoms with E-state index in [4.69, 9.17) is 5.11 Å². The van der Waals surface area contributed by atoms with Gasteiger partial charge in [0.25, 0.3) is 0 Å². The van der Waals surface area contributed by atoms with Crippen LogP contribution >= 0.6 is 11.3 Å². The van der Waals surface area contributed by atoms with Crippen molar-refractivity contribution in [2.45, 2.75) is 6.42 Å². The van der Waals surface area contributed by atoms with Crippen LogP contribution in [0.4, 0.5) is 0 Å². The van der Waals surface area contributed by atoms with Crippen molar-refractivity contribution in [3.8, 4) is 0 Å². The zero-order valence-electron chi connectivity index (χ0n) is 6.45. The number of aromatic nitrogens is 1. The Bertz CT molecular complexity index is 383. The van der Waals surface area contributed by atoms with Crippen LogP contribution in [0.5, 0.6) is 0 Å². The van der Waals surface area contributed by atoms with Gasteiger partial charge in [-0.15, -0.1) is 11.3 Å². The maximum absolute atomic E-state index is 8.77. The van der Waals surface area contributed by atoms with Gasteiger partial charge in [-0.3, -0.25) is 4.98 Å². The lowest BCUT2D eigenvalue weighted by atomic mass is 10.2. The van der Waals surface area contributed by atoms with E-state index in [2.05, 4.69) is 11.1 Å². The number of aliphatic hydroxyl groups is 1. The van der Waals surface area contributed by atoms with Crippen LogP contribution in [-0.4, -0.2) is 16.7 Å². The van der Waals surface area contributed by atoms with Gasteiger partial charge in [0.2, 0.25) is 0 Å². The van der Waals surface area contributed by atoms with Crippen molar-refractivity contribution in [1.29, 1.82) is 0 Å². The van der Waals surface area contributed by atoms with E-state index >= 15 is 0 Å². The van der Waals surface area contributed by atoms with Gasteiger partial charge in [0.1, 0.15) is 0 Å². The largest absolute Gasteiger partial charge is 0.396 e. The Morgan fingerprint density at radius 2 is 2.50 bits per heavy atom. The van der Waals surface area contributed by atoms with Crippen LogP contribution in [0.3, 0.4) is 0 Å². The average molecular weight is 178 g/mol. The van der Waals surface area contributed by atoms with Crippen molar-refractivity contribution in [2.24, 2.45) is 0 Å². The van der Waals surface area contributed by atoms with Crippen LogP contribution in [0.25, 0.3) is 10.1 Å². The molecule has 0 saturated carbocycles. The van der Waals surface area contributed by atoms with Gasteiger partial charge in [-0.2, -0.15) is 0 Å². The molecule has 2 aromatic heterocycles. The molecule has 0 fully saturated rings. The normalized spacial score (nSPS) is 10.8. The van der Waals surface area contributed by atoms with Crippen molar-refractivity contribution >= 4 is 21.4 Å². The Hall–Kier alpha value is -0.930. The molecule has 0 atom stereocenters. The molecule has 2 rings (SSSR count). The zero-order chi connectivity index (χ0) is 8.39. The highest BCUT2D eigenvalue weighted by Gasteiger charge is 2.01. The van der Waals surface area contributed by atoms with E-state index in [9.17, 15) is 0 Å². The fraction of sp³-hybridized carbons (Fsp3) is 0.222. The summed E-state index contributed by atoms with van der Waals surface area (Å²) in [4.78, 5) is 4.16. The molecule has 2 nitrogen and oxygen atoms in total. The van der Waals surface area contributed by atoms with Gasteiger partial charge in [0.15, 0.2) is 0 Å². The Morgan fingerprint density at radius 1 is 1.58 bits per heavy atom. The molecule has 0 aliphatic heterocycles. The molecule has 2 heterocycles. The topological polar surface area (TPSA) is 33.1 Å². The molecule has 0 unspecified atom stereocenters. The van der Waals surface area contributed by atoms with Gasteiger partial charge in [-0.25, -0.2) is 0 Å². The van der Waals surface area contributed by atoms with Crippen LogP contribution < -0.4 is 0 Å². The van der Waals surface area contributed by atoms with Crippen molar-refractivity contribution < 1.29 is 5.11 Å². The molecule has 0 bridgehead atoms. The fourth-order valence-electron chi connectivity index (χ4n) is 1.17. The Labute approximate surface area is 74.5 Å². The molecule has 0 aliphatic rings. The van der Waals surface area contributed by atoms with Crippen LogP contribution in [0.2, 0.25) is 0 Å². The predicted molar refractivity (Wildman–Crippen MR) is 49.2 cm³/mol. The van der Waals surface area contributed by atoms with E-state index < -0.39 is 0 Å². The minimum Gasteiger partial charge on any atom is -0.396 e. The van der Waals surface area contributed by atoms with Crippen LogP contribution in [0, 0.1) is 6.07 Å². The molecule has 3 heteroatoms. The molecule has 2 aromatic rings. The number of rotatable bonds is 2. The van der Waals surface area contributed by atoms with E-state index in [1.54, 1.807) is 17.5 Å². The molecule has 0 aromatic carbocycles. The first-order valence-corrected chi connectivity index (χ1v) is 4.63. The van der Waals surface area contributed by atoms with E-state index in [1.807, 2.05) is 11.4 Å². The highest BCUT2D eigenvalue weighted by molar-refractivity contribution is 7.17. The van der Waals surface area contributed by atoms with Crippen molar-refractivity contribution in [2.75, 3.05) is 6.61 Å². The molecular formula is C9H8NOS. The quantitative estimate of drug-likeness (QED) is 0.758. The monoisotopic (exact) mass is 178 g/mol. The molecule has 1 N–H and O–H groups in total. The highest BCUT2D eigenvalue weighted by atomic mass is 32.1. The molecule has 0 saturated heterocycles. The standard InChI is InChI=1S/C9H8NOS/c11-5-2-8-9-7(1-4-10-8)3-6-12-9/h3-4,6,11H,2,5H2. The van der Waals surface area contributed by atoms with Crippen LogP contribution in [0.15, 0.2) is 17.6 Å². The third-order valence-electron chi connectivity index (χ3n) is 1.72. The minimum atomic E-state index is 0.157. The van der Waals surface area contributed by atoms with Crippen molar-refractivity contribution in [1.82, 2.24) is 4.98 Å². The first kappa shape index (κ1) is 7.71. The first-order valence-electron chi connectivity index (χ1n) is 3.75. The Kier molecular flexibility index (Phi) is 2.06.